The summed E-state index contributed by atoms with van der Waals surface area (Å²) in [6.07, 6.45) is 9.39. The molecular formula is C35H46O6. The summed E-state index contributed by atoms with van der Waals surface area (Å²) in [5.74, 6) is 1.56. The molecule has 0 N–H and O–H groups in total. The fraction of sp³-hybridized carbons (Fsp3) is 0.686. The van der Waals surface area contributed by atoms with E-state index in [0.717, 1.165) is 44.9 Å². The van der Waals surface area contributed by atoms with Crippen molar-refractivity contribution < 1.29 is 28.6 Å². The lowest BCUT2D eigenvalue weighted by Gasteiger charge is -2.61. The van der Waals surface area contributed by atoms with Gasteiger partial charge in [0.2, 0.25) is 0 Å². The van der Waals surface area contributed by atoms with Crippen molar-refractivity contribution in [3.8, 4) is 0 Å². The summed E-state index contributed by atoms with van der Waals surface area (Å²) in [5.41, 5.74) is 1.82. The highest BCUT2D eigenvalue weighted by Crippen LogP contribution is 2.68. The molecule has 11 atom stereocenters. The van der Waals surface area contributed by atoms with Crippen LogP contribution in [0.2, 0.25) is 0 Å². The second-order valence-corrected chi connectivity index (χ2v) is 14.2. The Morgan fingerprint density at radius 2 is 1.76 bits per heavy atom. The van der Waals surface area contributed by atoms with Crippen LogP contribution in [0.15, 0.2) is 42.0 Å². The number of hydrogen-bond acceptors (Lipinski definition) is 6. The van der Waals surface area contributed by atoms with Crippen molar-refractivity contribution in [3.63, 3.8) is 0 Å². The summed E-state index contributed by atoms with van der Waals surface area (Å²) < 4.78 is 18.9. The first-order chi connectivity index (χ1) is 19.5. The van der Waals surface area contributed by atoms with Gasteiger partial charge >= 0.3 is 11.9 Å². The number of esters is 2. The Hall–Kier alpha value is -2.47. The first-order valence-electron chi connectivity index (χ1n) is 15.8. The molecule has 3 saturated carbocycles. The molecule has 1 saturated heterocycles. The van der Waals surface area contributed by atoms with E-state index in [9.17, 15) is 14.4 Å². The molecule has 0 spiro atoms. The van der Waals surface area contributed by atoms with E-state index in [1.807, 2.05) is 30.3 Å². The molecular weight excluding hydrogens is 516 g/mol. The van der Waals surface area contributed by atoms with Crippen molar-refractivity contribution >= 4 is 17.7 Å². The molecule has 41 heavy (non-hydrogen) atoms. The predicted octanol–water partition coefficient (Wildman–Crippen LogP) is 6.72. The van der Waals surface area contributed by atoms with Crippen LogP contribution in [0.4, 0.5) is 0 Å². The van der Waals surface area contributed by atoms with E-state index >= 15 is 0 Å². The number of hydrogen-bond donors (Lipinski definition) is 0. The molecule has 1 aliphatic heterocycles. The number of carbonyl (C=O) groups is 3. The number of Topliss-reactive ketones (excluding diaryl/α,β-unsaturated/α-hetero) is 1. The molecule has 6 nitrogen and oxygen atoms in total. The molecule has 4 fully saturated rings. The number of carbonyl (C=O) groups excluding carboxylic acids is 3. The van der Waals surface area contributed by atoms with Crippen LogP contribution >= 0.6 is 0 Å². The summed E-state index contributed by atoms with van der Waals surface area (Å²) in [6, 6.07) is 9.34. The molecule has 222 valence electrons. The third-order valence-corrected chi connectivity index (χ3v) is 12.0. The molecule has 5 aliphatic rings. The highest BCUT2D eigenvalue weighted by Gasteiger charge is 2.66. The Labute approximate surface area is 244 Å². The largest absolute Gasteiger partial charge is 0.463 e. The van der Waals surface area contributed by atoms with E-state index in [1.165, 1.54) is 12.5 Å². The summed E-state index contributed by atoms with van der Waals surface area (Å²) >= 11 is 0. The van der Waals surface area contributed by atoms with Crippen LogP contribution in [0.25, 0.3) is 0 Å². The van der Waals surface area contributed by atoms with Crippen LogP contribution < -0.4 is 0 Å². The molecule has 0 radical (unpaired) electrons. The quantitative estimate of drug-likeness (QED) is 0.283. The fourth-order valence-corrected chi connectivity index (χ4v) is 10.0. The van der Waals surface area contributed by atoms with Crippen LogP contribution in [0.3, 0.4) is 0 Å². The lowest BCUT2D eigenvalue weighted by molar-refractivity contribution is -0.158. The average molecular weight is 563 g/mol. The van der Waals surface area contributed by atoms with E-state index in [2.05, 4.69) is 26.8 Å². The third kappa shape index (κ3) is 4.78. The van der Waals surface area contributed by atoms with Gasteiger partial charge in [-0.25, -0.2) is 4.79 Å². The maximum absolute atomic E-state index is 13.6. The minimum absolute atomic E-state index is 0.00826. The van der Waals surface area contributed by atoms with Crippen LogP contribution in [0, 0.1) is 40.4 Å². The Balaban J connectivity index is 1.33. The van der Waals surface area contributed by atoms with E-state index < -0.39 is 0 Å². The van der Waals surface area contributed by atoms with Gasteiger partial charge in [0.25, 0.3) is 0 Å². The van der Waals surface area contributed by atoms with Gasteiger partial charge in [-0.05, 0) is 93.1 Å². The zero-order valence-corrected chi connectivity index (χ0v) is 25.3. The zero-order valence-electron chi connectivity index (χ0n) is 25.3. The fourth-order valence-electron chi connectivity index (χ4n) is 10.0. The molecule has 0 bridgehead atoms. The molecule has 6 heteroatoms. The first kappa shape index (κ1) is 28.6. The van der Waals surface area contributed by atoms with Gasteiger partial charge in [0.05, 0.1) is 17.8 Å². The van der Waals surface area contributed by atoms with Crippen molar-refractivity contribution in [2.45, 2.75) is 110 Å². The maximum atomic E-state index is 13.6. The van der Waals surface area contributed by atoms with Gasteiger partial charge in [-0.2, -0.15) is 0 Å². The highest BCUT2D eigenvalue weighted by molar-refractivity contribution is 5.89. The minimum atomic E-state index is -0.307. The Bertz CT molecular complexity index is 1220. The lowest BCUT2D eigenvalue weighted by Crippen LogP contribution is -2.57. The number of fused-ring (bicyclic) bond motifs is 7. The zero-order chi connectivity index (χ0) is 29.1. The van der Waals surface area contributed by atoms with Gasteiger partial charge in [-0.15, -0.1) is 0 Å². The Kier molecular flexibility index (Phi) is 7.45. The summed E-state index contributed by atoms with van der Waals surface area (Å²) in [6.45, 7) is 10.2. The molecule has 4 aliphatic carbocycles. The molecule has 0 amide bonds. The van der Waals surface area contributed by atoms with Crippen LogP contribution in [0.1, 0.15) is 96.3 Å². The van der Waals surface area contributed by atoms with Gasteiger partial charge in [0, 0.05) is 24.7 Å². The van der Waals surface area contributed by atoms with Gasteiger partial charge in [-0.1, -0.05) is 50.6 Å². The second-order valence-electron chi connectivity index (χ2n) is 14.2. The lowest BCUT2D eigenvalue weighted by atomic mass is 9.45. The van der Waals surface area contributed by atoms with E-state index in [0.29, 0.717) is 29.7 Å². The monoisotopic (exact) mass is 562 g/mol. The predicted molar refractivity (Wildman–Crippen MR) is 155 cm³/mol. The number of rotatable bonds is 6. The Morgan fingerprint density at radius 3 is 2.46 bits per heavy atom. The molecule has 0 aromatic heterocycles. The first-order valence-corrected chi connectivity index (χ1v) is 15.8. The van der Waals surface area contributed by atoms with E-state index in [1.54, 1.807) is 6.92 Å². The molecule has 1 aromatic rings. The van der Waals surface area contributed by atoms with E-state index in [-0.39, 0.29) is 64.8 Å². The average Bonchev–Trinajstić information content (AvgIpc) is 3.41. The topological polar surface area (TPSA) is 78.9 Å². The highest BCUT2D eigenvalue weighted by atomic mass is 16.5. The third-order valence-electron chi connectivity index (χ3n) is 12.0. The van der Waals surface area contributed by atoms with Crippen molar-refractivity contribution in [3.05, 3.63) is 47.5 Å². The minimum Gasteiger partial charge on any atom is -0.463 e. The SMILES string of the molecule is CC(=O)CC[C@H]1O[C@H]2C=C3[C@@H]4CC[C@H]5C[C@@H](OC(C)=O)CC[C@]5(C)[C@H]4C[C@H](OC(=O)c4ccccc4)[C@]3(C)[C@H]2[C@@H]1C. The number of benzene rings is 1. The summed E-state index contributed by atoms with van der Waals surface area (Å²) in [7, 11) is 0. The van der Waals surface area contributed by atoms with Crippen molar-refractivity contribution in [2.75, 3.05) is 0 Å². The molecule has 0 unspecified atom stereocenters. The molecule has 6 rings (SSSR count). The van der Waals surface area contributed by atoms with Gasteiger partial charge < -0.3 is 19.0 Å². The summed E-state index contributed by atoms with van der Waals surface area (Å²) in [4.78, 5) is 37.1. The standard InChI is InChI=1S/C35H46O6/c1-20(36)11-14-29-21(2)32-30(40-29)18-28-26-13-12-24-17-25(39-22(3)37)15-16-34(24,4)27(26)19-31(35(28,32)5)41-33(38)23-9-7-6-8-10-23/h6-10,18,21,24-27,29-32H,11-17,19H2,1-5H3/t21-,24+,25+,26-,27+,29-,30+,31+,32+,34+,35-/m1/s1. The molecule has 1 aromatic carbocycles. The van der Waals surface area contributed by atoms with Gasteiger partial charge in [0.15, 0.2) is 0 Å². The van der Waals surface area contributed by atoms with Crippen molar-refractivity contribution in [1.82, 2.24) is 0 Å². The van der Waals surface area contributed by atoms with Gasteiger partial charge in [-0.3, -0.25) is 4.79 Å². The maximum Gasteiger partial charge on any atom is 0.338 e. The number of ketones is 1. The summed E-state index contributed by atoms with van der Waals surface area (Å²) in [5, 5.41) is 0. The normalized spacial score (nSPS) is 42.7. The van der Waals surface area contributed by atoms with Crippen LogP contribution in [-0.4, -0.2) is 42.1 Å². The van der Waals surface area contributed by atoms with Crippen molar-refractivity contribution in [1.29, 1.82) is 0 Å². The van der Waals surface area contributed by atoms with Crippen LogP contribution in [0.5, 0.6) is 0 Å². The second kappa shape index (κ2) is 10.7. The van der Waals surface area contributed by atoms with Gasteiger partial charge in [0.1, 0.15) is 18.0 Å². The smallest absolute Gasteiger partial charge is 0.338 e. The number of ether oxygens (including phenoxy) is 3. The Morgan fingerprint density at radius 1 is 1.00 bits per heavy atom. The molecule has 1 heterocycles. The van der Waals surface area contributed by atoms with Crippen LogP contribution in [-0.2, 0) is 23.8 Å². The van der Waals surface area contributed by atoms with E-state index in [4.69, 9.17) is 14.2 Å². The van der Waals surface area contributed by atoms with Crippen molar-refractivity contribution in [2.24, 2.45) is 40.4 Å².